The van der Waals surface area contributed by atoms with Crippen molar-refractivity contribution in [1.29, 1.82) is 5.26 Å². The maximum Gasteiger partial charge on any atom is 0.234 e. The Kier molecular flexibility index (Phi) is 5.22. The molecule has 20 heavy (non-hydrogen) atoms. The number of nitrogens with zero attached hydrogens (tertiary/aromatic N) is 1. The van der Waals surface area contributed by atoms with Gasteiger partial charge in [0.1, 0.15) is 0 Å². The minimum atomic E-state index is -0.00477. The molecule has 1 N–H and O–H groups in total. The Balaban J connectivity index is 1.75. The van der Waals surface area contributed by atoms with Crippen molar-refractivity contribution < 1.29 is 4.79 Å². The molecule has 2 rings (SSSR count). The van der Waals surface area contributed by atoms with Crippen LogP contribution in [0.1, 0.15) is 11.1 Å². The molecule has 2 aromatic rings. The molecule has 0 bridgehead atoms. The average Bonchev–Trinajstić information content (AvgIpc) is 2.49. The lowest BCUT2D eigenvalue weighted by molar-refractivity contribution is -0.113. The molecule has 0 unspecified atom stereocenters. The van der Waals surface area contributed by atoms with Crippen LogP contribution in [0.15, 0.2) is 54.6 Å². The zero-order valence-electron chi connectivity index (χ0n) is 10.9. The molecule has 0 radical (unpaired) electrons. The van der Waals surface area contributed by atoms with Gasteiger partial charge >= 0.3 is 0 Å². The molecule has 0 aliphatic rings. The molecule has 0 aliphatic carbocycles. The molecule has 0 aliphatic heterocycles. The van der Waals surface area contributed by atoms with E-state index >= 15 is 0 Å². The largest absolute Gasteiger partial charge is 0.325 e. The number of hydrogen-bond acceptors (Lipinski definition) is 3. The first-order valence-corrected chi connectivity index (χ1v) is 7.35. The molecule has 0 atom stereocenters. The number of nitriles is 1. The third-order valence-electron chi connectivity index (χ3n) is 2.64. The van der Waals surface area contributed by atoms with E-state index in [2.05, 4.69) is 11.4 Å². The van der Waals surface area contributed by atoms with Crippen molar-refractivity contribution in [1.82, 2.24) is 0 Å². The third-order valence-corrected chi connectivity index (χ3v) is 3.65. The van der Waals surface area contributed by atoms with E-state index in [9.17, 15) is 4.79 Å². The van der Waals surface area contributed by atoms with Crippen LogP contribution < -0.4 is 5.32 Å². The summed E-state index contributed by atoms with van der Waals surface area (Å²) in [5, 5.41) is 11.6. The molecule has 100 valence electrons. The molecule has 0 aromatic heterocycles. The van der Waals surface area contributed by atoms with Gasteiger partial charge in [-0.05, 0) is 29.8 Å². The Morgan fingerprint density at radius 1 is 1.10 bits per heavy atom. The van der Waals surface area contributed by atoms with Gasteiger partial charge in [-0.2, -0.15) is 5.26 Å². The Bertz CT molecular complexity index is 603. The number of para-hydroxylation sites is 1. The molecule has 0 heterocycles. The van der Waals surface area contributed by atoms with Gasteiger partial charge in [0.05, 0.1) is 17.4 Å². The van der Waals surface area contributed by atoms with Crippen LogP contribution in [-0.4, -0.2) is 11.7 Å². The van der Waals surface area contributed by atoms with Crippen molar-refractivity contribution in [2.75, 3.05) is 11.1 Å². The van der Waals surface area contributed by atoms with Crippen molar-refractivity contribution in [3.05, 3.63) is 65.7 Å². The molecule has 3 nitrogen and oxygen atoms in total. The van der Waals surface area contributed by atoms with E-state index in [1.165, 1.54) is 0 Å². The van der Waals surface area contributed by atoms with Crippen LogP contribution in [0.25, 0.3) is 0 Å². The van der Waals surface area contributed by atoms with Gasteiger partial charge in [-0.1, -0.05) is 30.3 Å². The van der Waals surface area contributed by atoms with Gasteiger partial charge in [-0.15, -0.1) is 11.8 Å². The summed E-state index contributed by atoms with van der Waals surface area (Å²) in [6, 6.07) is 18.9. The van der Waals surface area contributed by atoms with E-state index in [0.717, 1.165) is 17.0 Å². The lowest BCUT2D eigenvalue weighted by atomic mass is 10.2. The molecular formula is C16H14N2OS. The maximum atomic E-state index is 11.7. The zero-order chi connectivity index (χ0) is 14.2. The normalized spacial score (nSPS) is 9.75. The standard InChI is InChI=1S/C16H14N2OS/c17-10-13-6-8-14(9-7-13)11-20-12-16(19)18-15-4-2-1-3-5-15/h1-9H,11-12H2,(H,18,19). The summed E-state index contributed by atoms with van der Waals surface area (Å²) in [6.45, 7) is 0. The van der Waals surface area contributed by atoms with E-state index < -0.39 is 0 Å². The fourth-order valence-corrected chi connectivity index (χ4v) is 2.44. The molecule has 1 amide bonds. The molecule has 2 aromatic carbocycles. The quantitative estimate of drug-likeness (QED) is 0.914. The first kappa shape index (κ1) is 14.2. The second-order valence-corrected chi connectivity index (χ2v) is 5.20. The fourth-order valence-electron chi connectivity index (χ4n) is 1.66. The minimum absolute atomic E-state index is 0.00477. The first-order valence-electron chi connectivity index (χ1n) is 6.19. The fraction of sp³-hybridized carbons (Fsp3) is 0.125. The molecule has 4 heteroatoms. The number of thioether (sulfide) groups is 1. The molecule has 0 saturated heterocycles. The maximum absolute atomic E-state index is 11.7. The van der Waals surface area contributed by atoms with Gasteiger partial charge in [0, 0.05) is 11.4 Å². The summed E-state index contributed by atoms with van der Waals surface area (Å²) in [5.41, 5.74) is 2.58. The summed E-state index contributed by atoms with van der Waals surface area (Å²) >= 11 is 1.55. The van der Waals surface area contributed by atoms with Crippen LogP contribution in [0, 0.1) is 11.3 Å². The van der Waals surface area contributed by atoms with E-state index in [1.807, 2.05) is 42.5 Å². The summed E-state index contributed by atoms with van der Waals surface area (Å²) in [5.74, 6) is 1.16. The first-order chi connectivity index (χ1) is 9.78. The van der Waals surface area contributed by atoms with Crippen molar-refractivity contribution in [2.45, 2.75) is 5.75 Å². The van der Waals surface area contributed by atoms with Crippen molar-refractivity contribution in [2.24, 2.45) is 0 Å². The Labute approximate surface area is 122 Å². The molecule has 0 saturated carbocycles. The van der Waals surface area contributed by atoms with Crippen LogP contribution >= 0.6 is 11.8 Å². The van der Waals surface area contributed by atoms with Crippen LogP contribution in [0.3, 0.4) is 0 Å². The average molecular weight is 282 g/mol. The number of carbonyl (C=O) groups excluding carboxylic acids is 1. The summed E-state index contributed by atoms with van der Waals surface area (Å²) in [6.07, 6.45) is 0. The SMILES string of the molecule is N#Cc1ccc(CSCC(=O)Nc2ccccc2)cc1. The van der Waals surface area contributed by atoms with Crippen molar-refractivity contribution in [3.8, 4) is 6.07 Å². The third kappa shape index (κ3) is 4.45. The number of nitrogens with one attached hydrogen (secondary N) is 1. The van der Waals surface area contributed by atoms with E-state index in [1.54, 1.807) is 23.9 Å². The highest BCUT2D eigenvalue weighted by Crippen LogP contribution is 2.14. The van der Waals surface area contributed by atoms with E-state index in [4.69, 9.17) is 5.26 Å². The number of amides is 1. The van der Waals surface area contributed by atoms with Gasteiger partial charge in [0.2, 0.25) is 5.91 Å². The number of anilines is 1. The lowest BCUT2D eigenvalue weighted by Gasteiger charge is -2.05. The van der Waals surface area contributed by atoms with E-state index in [-0.39, 0.29) is 5.91 Å². The summed E-state index contributed by atoms with van der Waals surface area (Å²) in [7, 11) is 0. The number of carbonyl (C=O) groups is 1. The van der Waals surface area contributed by atoms with Gasteiger partial charge in [-0.3, -0.25) is 4.79 Å². The Morgan fingerprint density at radius 3 is 2.45 bits per heavy atom. The monoisotopic (exact) mass is 282 g/mol. The Hall–Kier alpha value is -2.25. The minimum Gasteiger partial charge on any atom is -0.325 e. The van der Waals surface area contributed by atoms with Crippen molar-refractivity contribution >= 4 is 23.4 Å². The predicted octanol–water partition coefficient (Wildman–Crippen LogP) is 3.43. The topological polar surface area (TPSA) is 52.9 Å². The lowest BCUT2D eigenvalue weighted by Crippen LogP contribution is -2.13. The second-order valence-electron chi connectivity index (χ2n) is 4.22. The van der Waals surface area contributed by atoms with Gasteiger partial charge < -0.3 is 5.32 Å². The molecular weight excluding hydrogens is 268 g/mol. The summed E-state index contributed by atoms with van der Waals surface area (Å²) < 4.78 is 0. The number of benzene rings is 2. The number of rotatable bonds is 5. The van der Waals surface area contributed by atoms with Crippen LogP contribution in [0.5, 0.6) is 0 Å². The van der Waals surface area contributed by atoms with Gasteiger partial charge in [0.25, 0.3) is 0 Å². The van der Waals surface area contributed by atoms with Gasteiger partial charge in [-0.25, -0.2) is 0 Å². The molecule has 0 fully saturated rings. The molecule has 0 spiro atoms. The van der Waals surface area contributed by atoms with Gasteiger partial charge in [0.15, 0.2) is 0 Å². The highest BCUT2D eigenvalue weighted by Gasteiger charge is 2.02. The van der Waals surface area contributed by atoms with Crippen molar-refractivity contribution in [3.63, 3.8) is 0 Å². The van der Waals surface area contributed by atoms with E-state index in [0.29, 0.717) is 11.3 Å². The van der Waals surface area contributed by atoms with Crippen LogP contribution in [0.2, 0.25) is 0 Å². The highest BCUT2D eigenvalue weighted by molar-refractivity contribution is 7.99. The van der Waals surface area contributed by atoms with Crippen LogP contribution in [-0.2, 0) is 10.5 Å². The summed E-state index contributed by atoms with van der Waals surface area (Å²) in [4.78, 5) is 11.7. The second kappa shape index (κ2) is 7.37. The van der Waals surface area contributed by atoms with Crippen LogP contribution in [0.4, 0.5) is 5.69 Å². The highest BCUT2D eigenvalue weighted by atomic mass is 32.2. The smallest absolute Gasteiger partial charge is 0.234 e. The number of hydrogen-bond donors (Lipinski definition) is 1. The predicted molar refractivity (Wildman–Crippen MR) is 82.4 cm³/mol. The Morgan fingerprint density at radius 2 is 1.80 bits per heavy atom. The zero-order valence-corrected chi connectivity index (χ0v) is 11.7.